The molecule has 1 saturated carbocycles. The summed E-state index contributed by atoms with van der Waals surface area (Å²) in [5, 5.41) is 10.2. The second kappa shape index (κ2) is 10.2. The van der Waals surface area contributed by atoms with Gasteiger partial charge in [-0.3, -0.25) is 10.7 Å². The van der Waals surface area contributed by atoms with Crippen molar-refractivity contribution in [2.24, 2.45) is 5.41 Å². The number of rotatable bonds is 6. The van der Waals surface area contributed by atoms with Crippen LogP contribution in [-0.4, -0.2) is 43.3 Å². The Morgan fingerprint density at radius 2 is 2.03 bits per heavy atom. The fraction of sp³-hybridized carbons (Fsp3) is 0.565. The Labute approximate surface area is 213 Å². The van der Waals surface area contributed by atoms with Gasteiger partial charge in [-0.05, 0) is 64.0 Å². The summed E-state index contributed by atoms with van der Waals surface area (Å²) in [5.74, 6) is 1.12. The molecule has 186 valence electrons. The Balaban J connectivity index is 1.42. The van der Waals surface area contributed by atoms with Crippen molar-refractivity contribution >= 4 is 51.7 Å². The standard InChI is InChI=1S/C23H33ClN6O2S2/c1-22(2,3)34(32)29-17-8-5-9-23(17)10-12-30(13-11-23)18-14-26-21(20(25)27-18)33-16-7-4-6-15(28-31)19(16)24/h4,6-7,14,17,28-29,31H,5,8-13H2,1-3H3,(H2,25,27). The molecule has 1 aromatic heterocycles. The number of anilines is 3. The topological polar surface area (TPSA) is 116 Å². The average Bonchev–Trinajstić information content (AvgIpc) is 3.17. The van der Waals surface area contributed by atoms with Gasteiger partial charge in [0.25, 0.3) is 0 Å². The molecule has 1 aliphatic heterocycles. The number of piperidine rings is 1. The van der Waals surface area contributed by atoms with Gasteiger partial charge in [-0.2, -0.15) is 0 Å². The smallest absolute Gasteiger partial charge is 0.158 e. The number of hydrogen-bond donors (Lipinski definition) is 4. The number of nitrogens with two attached hydrogens (primary N) is 1. The van der Waals surface area contributed by atoms with Gasteiger partial charge in [0.1, 0.15) is 10.8 Å². The molecule has 34 heavy (non-hydrogen) atoms. The van der Waals surface area contributed by atoms with Crippen molar-refractivity contribution in [3.8, 4) is 0 Å². The van der Waals surface area contributed by atoms with Crippen molar-refractivity contribution in [2.45, 2.75) is 73.6 Å². The Bertz CT molecular complexity index is 1060. The zero-order valence-corrected chi connectivity index (χ0v) is 22.2. The summed E-state index contributed by atoms with van der Waals surface area (Å²) in [6.07, 6.45) is 7.24. The molecule has 0 radical (unpaired) electrons. The fourth-order valence-electron chi connectivity index (χ4n) is 4.80. The molecule has 0 amide bonds. The summed E-state index contributed by atoms with van der Waals surface area (Å²) in [7, 11) is -1.06. The molecule has 1 saturated heterocycles. The lowest BCUT2D eigenvalue weighted by Gasteiger charge is -2.44. The molecule has 2 aromatic rings. The van der Waals surface area contributed by atoms with Gasteiger partial charge in [-0.15, -0.1) is 0 Å². The third-order valence-corrected chi connectivity index (χ3v) is 10.0. The van der Waals surface area contributed by atoms with Crippen molar-refractivity contribution in [1.82, 2.24) is 14.7 Å². The first-order chi connectivity index (χ1) is 16.1. The van der Waals surface area contributed by atoms with Crippen LogP contribution in [0.1, 0.15) is 52.9 Å². The highest BCUT2D eigenvalue weighted by Gasteiger charge is 2.46. The lowest BCUT2D eigenvalue weighted by atomic mass is 9.74. The first-order valence-corrected chi connectivity index (χ1v) is 13.9. The monoisotopic (exact) mass is 524 g/mol. The van der Waals surface area contributed by atoms with Gasteiger partial charge >= 0.3 is 0 Å². The molecule has 2 fully saturated rings. The molecule has 5 N–H and O–H groups in total. The largest absolute Gasteiger partial charge is 0.381 e. The van der Waals surface area contributed by atoms with E-state index in [4.69, 9.17) is 17.3 Å². The lowest BCUT2D eigenvalue weighted by molar-refractivity contribution is 0.188. The van der Waals surface area contributed by atoms with E-state index in [9.17, 15) is 9.42 Å². The van der Waals surface area contributed by atoms with Crippen LogP contribution in [0, 0.1) is 5.41 Å². The highest BCUT2D eigenvalue weighted by molar-refractivity contribution is 7.99. The molecule has 2 aliphatic rings. The lowest BCUT2D eigenvalue weighted by Crippen LogP contribution is -2.51. The zero-order valence-electron chi connectivity index (χ0n) is 19.8. The third kappa shape index (κ3) is 5.31. The van der Waals surface area contributed by atoms with Gasteiger partial charge in [-0.25, -0.2) is 18.9 Å². The minimum atomic E-state index is -1.06. The van der Waals surface area contributed by atoms with E-state index in [1.165, 1.54) is 24.6 Å². The van der Waals surface area contributed by atoms with E-state index in [1.54, 1.807) is 18.3 Å². The normalized spacial score (nSPS) is 21.1. The van der Waals surface area contributed by atoms with E-state index in [0.29, 0.717) is 27.6 Å². The third-order valence-electron chi connectivity index (χ3n) is 6.84. The molecule has 1 aliphatic carbocycles. The van der Waals surface area contributed by atoms with Gasteiger partial charge in [0.2, 0.25) is 0 Å². The Morgan fingerprint density at radius 3 is 2.68 bits per heavy atom. The van der Waals surface area contributed by atoms with Gasteiger partial charge in [-0.1, -0.05) is 35.9 Å². The molecule has 2 heterocycles. The summed E-state index contributed by atoms with van der Waals surface area (Å²) in [5.41, 5.74) is 8.95. The average molecular weight is 525 g/mol. The van der Waals surface area contributed by atoms with E-state index in [0.717, 1.165) is 43.1 Å². The number of nitrogens with zero attached hydrogens (tertiary/aromatic N) is 3. The molecule has 8 nitrogen and oxygen atoms in total. The summed E-state index contributed by atoms with van der Waals surface area (Å²) in [6, 6.07) is 5.60. The molecule has 4 rings (SSSR count). The van der Waals surface area contributed by atoms with Crippen molar-refractivity contribution < 1.29 is 9.42 Å². The highest BCUT2D eigenvalue weighted by atomic mass is 35.5. The number of hydrogen-bond acceptors (Lipinski definition) is 8. The van der Waals surface area contributed by atoms with E-state index in [-0.39, 0.29) is 10.2 Å². The number of halogens is 1. The van der Waals surface area contributed by atoms with Crippen molar-refractivity contribution in [3.05, 3.63) is 29.4 Å². The van der Waals surface area contributed by atoms with Crippen LogP contribution in [-0.2, 0) is 11.0 Å². The summed E-state index contributed by atoms with van der Waals surface area (Å²) >= 11 is 7.64. The summed E-state index contributed by atoms with van der Waals surface area (Å²) in [6.45, 7) is 7.78. The quantitative estimate of drug-likeness (QED) is 0.396. The summed E-state index contributed by atoms with van der Waals surface area (Å²) < 4.78 is 15.9. The van der Waals surface area contributed by atoms with E-state index in [1.807, 2.05) is 26.8 Å². The van der Waals surface area contributed by atoms with E-state index in [2.05, 4.69) is 25.1 Å². The number of nitrogen functional groups attached to an aromatic ring is 1. The van der Waals surface area contributed by atoms with Crippen LogP contribution in [0.4, 0.5) is 17.3 Å². The van der Waals surface area contributed by atoms with Crippen molar-refractivity contribution in [3.63, 3.8) is 0 Å². The molecule has 1 aromatic carbocycles. The van der Waals surface area contributed by atoms with Crippen LogP contribution in [0.2, 0.25) is 5.02 Å². The van der Waals surface area contributed by atoms with Crippen LogP contribution in [0.5, 0.6) is 0 Å². The predicted molar refractivity (Wildman–Crippen MR) is 140 cm³/mol. The number of aromatic nitrogens is 2. The van der Waals surface area contributed by atoms with Crippen LogP contribution >= 0.6 is 23.4 Å². The van der Waals surface area contributed by atoms with E-state index >= 15 is 0 Å². The van der Waals surface area contributed by atoms with Crippen molar-refractivity contribution in [1.29, 1.82) is 0 Å². The van der Waals surface area contributed by atoms with Gasteiger partial charge < -0.3 is 10.6 Å². The maximum absolute atomic E-state index is 12.7. The predicted octanol–water partition coefficient (Wildman–Crippen LogP) is 4.86. The van der Waals surface area contributed by atoms with E-state index < -0.39 is 11.0 Å². The first kappa shape index (κ1) is 25.5. The Kier molecular flexibility index (Phi) is 7.64. The Hall–Kier alpha value is -1.59. The van der Waals surface area contributed by atoms with Crippen LogP contribution in [0.25, 0.3) is 0 Å². The number of benzene rings is 1. The minimum absolute atomic E-state index is 0.189. The Morgan fingerprint density at radius 1 is 1.29 bits per heavy atom. The molecule has 11 heteroatoms. The molecule has 0 bridgehead atoms. The molecule has 2 unspecified atom stereocenters. The second-order valence-corrected chi connectivity index (χ2v) is 13.4. The minimum Gasteiger partial charge on any atom is -0.381 e. The molecule has 2 atom stereocenters. The van der Waals surface area contributed by atoms with Crippen molar-refractivity contribution in [2.75, 3.05) is 29.2 Å². The van der Waals surface area contributed by atoms with Crippen LogP contribution < -0.4 is 20.8 Å². The van der Waals surface area contributed by atoms with Crippen LogP contribution in [0.15, 0.2) is 34.3 Å². The summed E-state index contributed by atoms with van der Waals surface area (Å²) in [4.78, 5) is 12.1. The van der Waals surface area contributed by atoms with Gasteiger partial charge in [0.15, 0.2) is 5.82 Å². The maximum Gasteiger partial charge on any atom is 0.158 e. The highest BCUT2D eigenvalue weighted by Crippen LogP contribution is 2.47. The molecule has 1 spiro atoms. The first-order valence-electron chi connectivity index (χ1n) is 11.5. The maximum atomic E-state index is 12.7. The fourth-order valence-corrected chi connectivity index (χ4v) is 6.88. The van der Waals surface area contributed by atoms with Gasteiger partial charge in [0.05, 0.1) is 32.6 Å². The SMILES string of the molecule is CC(C)(C)S(=O)NC1CCCC12CCN(c1cnc(Sc3cccc(NO)c3Cl)c(N)n1)CC2. The van der Waals surface area contributed by atoms with Crippen LogP contribution in [0.3, 0.4) is 0 Å². The van der Waals surface area contributed by atoms with Gasteiger partial charge in [0, 0.05) is 24.0 Å². The molecular formula is C23H33ClN6O2S2. The molecular weight excluding hydrogens is 492 g/mol. The second-order valence-electron chi connectivity index (χ2n) is 10.0. The zero-order chi connectivity index (χ0) is 24.5. The number of nitrogens with one attached hydrogen (secondary N) is 2.